The van der Waals surface area contributed by atoms with Crippen LogP contribution in [0.1, 0.15) is 44.6 Å². The van der Waals surface area contributed by atoms with Crippen LogP contribution in [0.2, 0.25) is 0 Å². The molecule has 3 N–H and O–H groups in total. The smallest absolute Gasteiger partial charge is 0.488 e. The van der Waals surface area contributed by atoms with Crippen molar-refractivity contribution >= 4 is 36.2 Å². The molecule has 0 aromatic heterocycles. The fraction of sp³-hybridized carbons (Fsp3) is 0.419. The zero-order valence-corrected chi connectivity index (χ0v) is 23.0. The van der Waals surface area contributed by atoms with Crippen LogP contribution in [0.25, 0.3) is 6.08 Å². The lowest BCUT2D eigenvalue weighted by molar-refractivity contribution is -0.122. The van der Waals surface area contributed by atoms with Crippen LogP contribution in [-0.4, -0.2) is 60.5 Å². The van der Waals surface area contributed by atoms with Crippen molar-refractivity contribution in [2.75, 3.05) is 25.2 Å². The minimum absolute atomic E-state index is 0.152. The van der Waals surface area contributed by atoms with Crippen molar-refractivity contribution in [3.05, 3.63) is 70.8 Å². The number of hydrogen-bond acceptors (Lipinski definition) is 7. The summed E-state index contributed by atoms with van der Waals surface area (Å²) in [4.78, 5) is 28.6. The summed E-state index contributed by atoms with van der Waals surface area (Å²) in [6.07, 6.45) is 6.03. The van der Waals surface area contributed by atoms with Crippen molar-refractivity contribution in [2.24, 2.45) is 17.8 Å². The second kappa shape index (κ2) is 12.1. The van der Waals surface area contributed by atoms with Crippen molar-refractivity contribution in [1.82, 2.24) is 0 Å². The number of benzene rings is 2. The van der Waals surface area contributed by atoms with E-state index in [9.17, 15) is 24.7 Å². The van der Waals surface area contributed by atoms with Crippen LogP contribution in [0.5, 0.6) is 5.75 Å². The largest absolute Gasteiger partial charge is 0.508 e. The molecule has 2 amide bonds. The highest BCUT2D eigenvalue weighted by atomic mass is 16.5. The van der Waals surface area contributed by atoms with Crippen LogP contribution in [0.3, 0.4) is 0 Å². The number of hydrogen-bond donors (Lipinski definition) is 3. The second-order valence-corrected chi connectivity index (χ2v) is 10.9. The fourth-order valence-electron chi connectivity index (χ4n) is 6.57. The molecule has 4 atom stereocenters. The Morgan fingerprint density at radius 2 is 1.88 bits per heavy atom. The Labute approximate surface area is 235 Å². The predicted molar refractivity (Wildman–Crippen MR) is 153 cm³/mol. The zero-order chi connectivity index (χ0) is 28.4. The highest BCUT2D eigenvalue weighted by molar-refractivity contribution is 6.58. The molecule has 3 aliphatic rings. The number of aromatic hydroxyl groups is 1. The first-order valence-electron chi connectivity index (χ1n) is 14.0. The monoisotopic (exact) mass is 545 g/mol. The van der Waals surface area contributed by atoms with E-state index in [1.807, 2.05) is 12.1 Å². The molecule has 0 saturated carbocycles. The number of methoxy groups -OCH3 is 1. The summed E-state index contributed by atoms with van der Waals surface area (Å²) in [6, 6.07) is 13.5. The maximum absolute atomic E-state index is 13.8. The Morgan fingerprint density at radius 3 is 2.58 bits per heavy atom. The van der Waals surface area contributed by atoms with E-state index in [1.54, 1.807) is 37.4 Å². The van der Waals surface area contributed by atoms with Gasteiger partial charge in [0, 0.05) is 13.0 Å². The van der Waals surface area contributed by atoms with Crippen molar-refractivity contribution in [3.8, 4) is 5.75 Å². The Morgan fingerprint density at radius 1 is 1.10 bits per heavy atom. The van der Waals surface area contributed by atoms with E-state index in [2.05, 4.69) is 13.0 Å². The van der Waals surface area contributed by atoms with Crippen molar-refractivity contribution in [2.45, 2.75) is 45.1 Å². The number of nitrogens with zero attached hydrogens (tertiary/aromatic N) is 1. The van der Waals surface area contributed by atoms with Crippen LogP contribution >= 0.6 is 0 Å². The van der Waals surface area contributed by atoms with Crippen LogP contribution in [0, 0.1) is 17.8 Å². The van der Waals surface area contributed by atoms with Gasteiger partial charge >= 0.3 is 7.12 Å². The Balaban J connectivity index is 1.38. The van der Waals surface area contributed by atoms with Gasteiger partial charge in [0.2, 0.25) is 11.8 Å². The van der Waals surface area contributed by atoms with E-state index >= 15 is 0 Å². The first kappa shape index (κ1) is 28.3. The van der Waals surface area contributed by atoms with Crippen molar-refractivity contribution in [1.29, 1.82) is 0 Å². The molecule has 2 aromatic rings. The Bertz CT molecular complexity index is 1320. The average molecular weight is 545 g/mol. The number of allylic oxidation sites excluding steroid dienone is 1. The lowest BCUT2D eigenvalue weighted by Gasteiger charge is -2.31. The van der Waals surface area contributed by atoms with Gasteiger partial charge in [-0.2, -0.15) is 0 Å². The molecule has 2 aliphatic heterocycles. The number of phenols is 1. The predicted octanol–water partition coefficient (Wildman–Crippen LogP) is 3.20. The van der Waals surface area contributed by atoms with E-state index in [0.29, 0.717) is 25.3 Å². The van der Waals surface area contributed by atoms with Gasteiger partial charge in [-0.05, 0) is 72.1 Å². The van der Waals surface area contributed by atoms with Crippen molar-refractivity contribution < 1.29 is 34.2 Å². The van der Waals surface area contributed by atoms with E-state index in [0.717, 1.165) is 42.4 Å². The summed E-state index contributed by atoms with van der Waals surface area (Å²) in [6.45, 7) is 2.91. The number of anilines is 1. The lowest BCUT2D eigenvalue weighted by Crippen LogP contribution is -2.36. The molecule has 0 unspecified atom stereocenters. The number of rotatable bonds is 10. The number of carbonyl (C=O) groups is 2. The van der Waals surface area contributed by atoms with E-state index < -0.39 is 19.0 Å². The van der Waals surface area contributed by atoms with Gasteiger partial charge in [-0.15, -0.1) is 0 Å². The fourth-order valence-corrected chi connectivity index (χ4v) is 6.57. The van der Waals surface area contributed by atoms with Gasteiger partial charge in [-0.3, -0.25) is 14.5 Å². The van der Waals surface area contributed by atoms with Gasteiger partial charge in [0.05, 0.1) is 36.8 Å². The third-order valence-electron chi connectivity index (χ3n) is 8.32. The third kappa shape index (κ3) is 5.52. The van der Waals surface area contributed by atoms with Gasteiger partial charge < -0.3 is 24.6 Å². The summed E-state index contributed by atoms with van der Waals surface area (Å²) in [5, 5.41) is 28.8. The molecule has 210 valence electrons. The molecular formula is C31H36BNO7. The second-order valence-electron chi connectivity index (χ2n) is 10.9. The maximum Gasteiger partial charge on any atom is 0.488 e. The van der Waals surface area contributed by atoms with Gasteiger partial charge in [-0.25, -0.2) is 0 Å². The molecule has 1 aliphatic carbocycles. The maximum atomic E-state index is 13.8. The normalized spacial score (nSPS) is 24.5. The molecule has 9 heteroatoms. The number of ether oxygens (including phenoxy) is 2. The quantitative estimate of drug-likeness (QED) is 0.239. The first-order chi connectivity index (χ1) is 19.3. The molecule has 2 aromatic carbocycles. The molecule has 40 heavy (non-hydrogen) atoms. The molecule has 2 fully saturated rings. The van der Waals surface area contributed by atoms with E-state index in [-0.39, 0.29) is 35.0 Å². The number of imide groups is 1. The minimum Gasteiger partial charge on any atom is -0.508 e. The van der Waals surface area contributed by atoms with E-state index in [1.165, 1.54) is 16.5 Å². The van der Waals surface area contributed by atoms with Gasteiger partial charge in [-0.1, -0.05) is 49.3 Å². The van der Waals surface area contributed by atoms with Crippen LogP contribution in [0.15, 0.2) is 65.3 Å². The molecule has 2 saturated heterocycles. The molecule has 0 bridgehead atoms. The third-order valence-corrected chi connectivity index (χ3v) is 8.32. The Hall–Kier alpha value is -3.24. The Kier molecular flexibility index (Phi) is 8.56. The number of fused-ring (bicyclic) bond motifs is 3. The molecule has 0 spiro atoms. The summed E-state index contributed by atoms with van der Waals surface area (Å²) in [5.41, 5.74) is 5.05. The van der Waals surface area contributed by atoms with E-state index in [4.69, 9.17) is 9.47 Å². The number of phenolic OH excluding ortho intramolecular Hbond substituents is 1. The summed E-state index contributed by atoms with van der Waals surface area (Å²) in [5.74, 6) is -1.50. The molecule has 8 nitrogen and oxygen atoms in total. The average Bonchev–Trinajstić information content (AvgIpc) is 3.47. The SMILES string of the molecule is CCC/C(=C\c1ccc(O)cc1)CC[C@H]1OC[C@H]2C1=C(COC)C[C@H]1C(=O)N(c3cccc(B(O)O)c3)C(=O)[C@H]12. The highest BCUT2D eigenvalue weighted by Crippen LogP contribution is 2.50. The molecule has 2 heterocycles. The summed E-state index contributed by atoms with van der Waals surface area (Å²) in [7, 11) is -0.0555. The number of amides is 2. The summed E-state index contributed by atoms with van der Waals surface area (Å²) < 4.78 is 11.9. The molecule has 0 radical (unpaired) electrons. The zero-order valence-electron chi connectivity index (χ0n) is 23.0. The molecule has 5 rings (SSSR count). The standard InChI is InChI=1S/C31H36BNO7/c1-3-5-19(14-20-8-11-24(34)12-9-20)10-13-27-28-21(17-39-2)15-25-29(26(28)18-40-27)31(36)33(30(25)35)23-7-4-6-22(16-23)32(37)38/h4,6-9,11-12,14,16,25-27,29,34,37-38H,3,5,10,13,15,17-18H2,1-2H3/b19-14+/t25-,26+,27-,29-/m1/s1. The minimum atomic E-state index is -1.69. The first-order valence-corrected chi connectivity index (χ1v) is 14.0. The van der Waals surface area contributed by atoms with Crippen molar-refractivity contribution in [3.63, 3.8) is 0 Å². The van der Waals surface area contributed by atoms with Crippen LogP contribution in [-0.2, 0) is 19.1 Å². The summed E-state index contributed by atoms with van der Waals surface area (Å²) >= 11 is 0. The van der Waals surface area contributed by atoms with Gasteiger partial charge in [0.15, 0.2) is 0 Å². The van der Waals surface area contributed by atoms with Gasteiger partial charge in [0.25, 0.3) is 0 Å². The highest BCUT2D eigenvalue weighted by Gasteiger charge is 2.57. The number of carbonyl (C=O) groups excluding carboxylic acids is 2. The topological polar surface area (TPSA) is 117 Å². The van der Waals surface area contributed by atoms with Gasteiger partial charge in [0.1, 0.15) is 5.75 Å². The van der Waals surface area contributed by atoms with Crippen LogP contribution < -0.4 is 10.4 Å². The molecular weight excluding hydrogens is 509 g/mol. The van der Waals surface area contributed by atoms with Crippen LogP contribution in [0.4, 0.5) is 5.69 Å². The lowest BCUT2D eigenvalue weighted by atomic mass is 9.69.